The second-order valence-electron chi connectivity index (χ2n) is 4.92. The van der Waals surface area contributed by atoms with Crippen LogP contribution in [0, 0.1) is 11.6 Å². The lowest BCUT2D eigenvalue weighted by Crippen LogP contribution is -2.24. The minimum atomic E-state index is -1.05. The Hall–Kier alpha value is -2.76. The molecule has 23 heavy (non-hydrogen) atoms. The summed E-state index contributed by atoms with van der Waals surface area (Å²) in [6.45, 7) is 2.48. The minimum absolute atomic E-state index is 0.134. The molecule has 0 unspecified atom stereocenters. The molecule has 2 N–H and O–H groups in total. The molecule has 0 radical (unpaired) electrons. The van der Waals surface area contributed by atoms with Crippen LogP contribution in [0.15, 0.2) is 42.5 Å². The van der Waals surface area contributed by atoms with Gasteiger partial charge in [-0.3, -0.25) is 9.59 Å². The van der Waals surface area contributed by atoms with Crippen molar-refractivity contribution >= 4 is 17.5 Å². The van der Waals surface area contributed by atoms with Crippen molar-refractivity contribution in [3.05, 3.63) is 65.2 Å². The number of amides is 2. The monoisotopic (exact) mass is 318 g/mol. The second kappa shape index (κ2) is 7.49. The van der Waals surface area contributed by atoms with Gasteiger partial charge in [0.2, 0.25) is 0 Å². The standard InChI is InChI=1S/C17H16F2N2O2/c1-2-8-20-16(22)11-4-3-5-12(9-11)17(23)21-13-6-7-14(18)15(19)10-13/h3-7,9-10H,2,8H2,1H3,(H,20,22)(H,21,23). The third-order valence-electron chi connectivity index (χ3n) is 3.10. The third kappa shape index (κ3) is 4.35. The fraction of sp³-hybridized carbons (Fsp3) is 0.176. The van der Waals surface area contributed by atoms with Gasteiger partial charge in [0.1, 0.15) is 0 Å². The van der Waals surface area contributed by atoms with Crippen molar-refractivity contribution in [1.82, 2.24) is 5.32 Å². The van der Waals surface area contributed by atoms with Crippen molar-refractivity contribution in [3.63, 3.8) is 0 Å². The van der Waals surface area contributed by atoms with E-state index in [4.69, 9.17) is 0 Å². The molecule has 2 aromatic rings. The topological polar surface area (TPSA) is 58.2 Å². The number of nitrogens with one attached hydrogen (secondary N) is 2. The van der Waals surface area contributed by atoms with Crippen molar-refractivity contribution in [2.45, 2.75) is 13.3 Å². The quantitative estimate of drug-likeness (QED) is 0.888. The van der Waals surface area contributed by atoms with Gasteiger partial charge in [-0.15, -0.1) is 0 Å². The number of halogens is 2. The first kappa shape index (κ1) is 16.6. The average molecular weight is 318 g/mol. The highest BCUT2D eigenvalue weighted by atomic mass is 19.2. The number of carbonyl (C=O) groups excluding carboxylic acids is 2. The van der Waals surface area contributed by atoms with E-state index in [0.717, 1.165) is 18.6 Å². The van der Waals surface area contributed by atoms with Crippen molar-refractivity contribution in [3.8, 4) is 0 Å². The number of rotatable bonds is 5. The molecule has 120 valence electrons. The van der Waals surface area contributed by atoms with E-state index in [9.17, 15) is 18.4 Å². The molecule has 0 aliphatic rings. The fourth-order valence-corrected chi connectivity index (χ4v) is 1.92. The Morgan fingerprint density at radius 3 is 2.30 bits per heavy atom. The molecule has 0 fully saturated rings. The molecule has 2 amide bonds. The molecule has 0 saturated heterocycles. The Morgan fingerprint density at radius 2 is 1.65 bits per heavy atom. The molecule has 0 spiro atoms. The van der Waals surface area contributed by atoms with Gasteiger partial charge in [-0.05, 0) is 36.8 Å². The lowest BCUT2D eigenvalue weighted by Gasteiger charge is -2.08. The van der Waals surface area contributed by atoms with Crippen molar-refractivity contribution in [2.24, 2.45) is 0 Å². The van der Waals surface area contributed by atoms with E-state index in [2.05, 4.69) is 10.6 Å². The molecule has 4 nitrogen and oxygen atoms in total. The first-order valence-electron chi connectivity index (χ1n) is 7.16. The van der Waals surface area contributed by atoms with Crippen LogP contribution in [0.1, 0.15) is 34.1 Å². The molecule has 0 atom stereocenters. The summed E-state index contributed by atoms with van der Waals surface area (Å²) in [6, 6.07) is 9.24. The lowest BCUT2D eigenvalue weighted by atomic mass is 10.1. The van der Waals surface area contributed by atoms with Crippen LogP contribution in [0.25, 0.3) is 0 Å². The van der Waals surface area contributed by atoms with Crippen LogP contribution in [-0.4, -0.2) is 18.4 Å². The Bertz CT molecular complexity index is 732. The van der Waals surface area contributed by atoms with Crippen LogP contribution in [0.4, 0.5) is 14.5 Å². The fourth-order valence-electron chi connectivity index (χ4n) is 1.92. The first-order chi connectivity index (χ1) is 11.0. The van der Waals surface area contributed by atoms with E-state index in [0.29, 0.717) is 12.1 Å². The van der Waals surface area contributed by atoms with E-state index in [1.165, 1.54) is 18.2 Å². The molecule has 6 heteroatoms. The number of hydrogen-bond acceptors (Lipinski definition) is 2. The molecular weight excluding hydrogens is 302 g/mol. The molecule has 0 saturated carbocycles. The van der Waals surface area contributed by atoms with Crippen molar-refractivity contribution in [2.75, 3.05) is 11.9 Å². The summed E-state index contributed by atoms with van der Waals surface area (Å²) in [6.07, 6.45) is 0.808. The maximum atomic E-state index is 13.1. The second-order valence-corrected chi connectivity index (χ2v) is 4.92. The molecule has 0 aliphatic heterocycles. The smallest absolute Gasteiger partial charge is 0.255 e. The Balaban J connectivity index is 2.13. The Kier molecular flexibility index (Phi) is 5.41. The number of benzene rings is 2. The van der Waals surface area contributed by atoms with Crippen LogP contribution in [0.5, 0.6) is 0 Å². The zero-order valence-corrected chi connectivity index (χ0v) is 12.5. The van der Waals surface area contributed by atoms with Gasteiger partial charge < -0.3 is 10.6 Å². The number of hydrogen-bond donors (Lipinski definition) is 2. The highest BCUT2D eigenvalue weighted by molar-refractivity contribution is 6.06. The van der Waals surface area contributed by atoms with Gasteiger partial charge in [0.05, 0.1) is 0 Å². The van der Waals surface area contributed by atoms with Crippen molar-refractivity contribution in [1.29, 1.82) is 0 Å². The SMILES string of the molecule is CCCNC(=O)c1cccc(C(=O)Nc2ccc(F)c(F)c2)c1. The molecule has 0 aliphatic carbocycles. The predicted octanol–water partition coefficient (Wildman–Crippen LogP) is 3.36. The summed E-state index contributed by atoms with van der Waals surface area (Å²) >= 11 is 0. The summed E-state index contributed by atoms with van der Waals surface area (Å²) in [4.78, 5) is 24.0. The lowest BCUT2D eigenvalue weighted by molar-refractivity contribution is 0.0953. The van der Waals surface area contributed by atoms with Crippen molar-refractivity contribution < 1.29 is 18.4 Å². The van der Waals surface area contributed by atoms with E-state index < -0.39 is 17.5 Å². The molecule has 2 aromatic carbocycles. The predicted molar refractivity (Wildman–Crippen MR) is 83.4 cm³/mol. The zero-order chi connectivity index (χ0) is 16.8. The van der Waals surface area contributed by atoms with E-state index in [1.807, 2.05) is 6.92 Å². The molecule has 0 heterocycles. The number of anilines is 1. The minimum Gasteiger partial charge on any atom is -0.352 e. The van der Waals surface area contributed by atoms with Gasteiger partial charge in [-0.2, -0.15) is 0 Å². The van der Waals surface area contributed by atoms with Gasteiger partial charge in [0.25, 0.3) is 11.8 Å². The first-order valence-corrected chi connectivity index (χ1v) is 7.16. The highest BCUT2D eigenvalue weighted by Gasteiger charge is 2.11. The molecular formula is C17H16F2N2O2. The summed E-state index contributed by atoms with van der Waals surface area (Å²) in [7, 11) is 0. The van der Waals surface area contributed by atoms with Crippen LogP contribution in [0.3, 0.4) is 0 Å². The van der Waals surface area contributed by atoms with Gasteiger partial charge in [-0.25, -0.2) is 8.78 Å². The summed E-state index contributed by atoms with van der Waals surface area (Å²) in [5.74, 6) is -2.82. The molecule has 0 aromatic heterocycles. The maximum absolute atomic E-state index is 13.1. The summed E-state index contributed by atoms with van der Waals surface area (Å²) in [5.41, 5.74) is 0.741. The Labute approximate surface area is 132 Å². The third-order valence-corrected chi connectivity index (χ3v) is 3.10. The molecule has 0 bridgehead atoms. The molecule has 2 rings (SSSR count). The number of carbonyl (C=O) groups is 2. The van der Waals surface area contributed by atoms with E-state index in [-0.39, 0.29) is 17.2 Å². The normalized spacial score (nSPS) is 10.2. The maximum Gasteiger partial charge on any atom is 0.255 e. The average Bonchev–Trinajstić information content (AvgIpc) is 2.56. The summed E-state index contributed by atoms with van der Waals surface area (Å²) in [5, 5.41) is 5.17. The van der Waals surface area contributed by atoms with Crippen LogP contribution in [0.2, 0.25) is 0 Å². The van der Waals surface area contributed by atoms with E-state index in [1.54, 1.807) is 12.1 Å². The van der Waals surface area contributed by atoms with Gasteiger partial charge >= 0.3 is 0 Å². The zero-order valence-electron chi connectivity index (χ0n) is 12.5. The van der Waals surface area contributed by atoms with Gasteiger partial charge in [-0.1, -0.05) is 13.0 Å². The van der Waals surface area contributed by atoms with Gasteiger partial charge in [0.15, 0.2) is 11.6 Å². The van der Waals surface area contributed by atoms with Crippen LogP contribution < -0.4 is 10.6 Å². The van der Waals surface area contributed by atoms with E-state index >= 15 is 0 Å². The van der Waals surface area contributed by atoms with Gasteiger partial charge in [0, 0.05) is 29.4 Å². The van der Waals surface area contributed by atoms with Crippen LogP contribution in [-0.2, 0) is 0 Å². The van der Waals surface area contributed by atoms with Crippen LogP contribution >= 0.6 is 0 Å². The highest BCUT2D eigenvalue weighted by Crippen LogP contribution is 2.15. The summed E-state index contributed by atoms with van der Waals surface area (Å²) < 4.78 is 26.0. The largest absolute Gasteiger partial charge is 0.352 e. The Morgan fingerprint density at radius 1 is 0.957 bits per heavy atom.